The highest BCUT2D eigenvalue weighted by Gasteiger charge is 2.02. The number of allylic oxidation sites excluding steroid dienone is 1. The summed E-state index contributed by atoms with van der Waals surface area (Å²) in [6.07, 6.45) is 6.97. The Morgan fingerprint density at radius 2 is 1.85 bits per heavy atom. The van der Waals surface area contributed by atoms with Gasteiger partial charge in [-0.05, 0) is 30.3 Å². The van der Waals surface area contributed by atoms with Gasteiger partial charge in [-0.2, -0.15) is 5.10 Å². The molecule has 0 fully saturated rings. The van der Waals surface area contributed by atoms with Crippen molar-refractivity contribution in [3.63, 3.8) is 0 Å². The first-order valence-electron chi connectivity index (χ1n) is 6.11. The van der Waals surface area contributed by atoms with Gasteiger partial charge in [0.1, 0.15) is 18.4 Å². The van der Waals surface area contributed by atoms with Crippen LogP contribution >= 0.6 is 0 Å². The second-order valence-electron chi connectivity index (χ2n) is 4.33. The van der Waals surface area contributed by atoms with Crippen LogP contribution in [-0.2, 0) is 0 Å². The molecule has 0 atom stereocenters. The van der Waals surface area contributed by atoms with Gasteiger partial charge in [0, 0.05) is 25.9 Å². The van der Waals surface area contributed by atoms with Gasteiger partial charge >= 0.3 is 0 Å². The van der Waals surface area contributed by atoms with Gasteiger partial charge in [-0.25, -0.2) is 4.68 Å². The van der Waals surface area contributed by atoms with Crippen LogP contribution in [0.25, 0.3) is 0 Å². The number of methoxy groups -OCH3 is 1. The summed E-state index contributed by atoms with van der Waals surface area (Å²) in [5, 5.41) is 12.0. The molecule has 0 amide bonds. The zero-order chi connectivity index (χ0) is 14.4. The van der Waals surface area contributed by atoms with Crippen molar-refractivity contribution in [1.82, 2.24) is 19.8 Å². The van der Waals surface area contributed by atoms with Gasteiger partial charge in [0.15, 0.2) is 0 Å². The van der Waals surface area contributed by atoms with Gasteiger partial charge in [0.05, 0.1) is 12.8 Å². The zero-order valence-corrected chi connectivity index (χ0v) is 11.8. The topological polar surface area (TPSA) is 55.5 Å². The highest BCUT2D eigenvalue weighted by molar-refractivity contribution is 6.08. The highest BCUT2D eigenvalue weighted by Crippen LogP contribution is 2.13. The lowest BCUT2D eigenvalue weighted by Crippen LogP contribution is -2.05. The van der Waals surface area contributed by atoms with Crippen molar-refractivity contribution in [2.75, 3.05) is 21.2 Å². The van der Waals surface area contributed by atoms with Crippen LogP contribution in [0.3, 0.4) is 0 Å². The van der Waals surface area contributed by atoms with Crippen molar-refractivity contribution in [3.8, 4) is 5.75 Å². The molecule has 0 aliphatic rings. The van der Waals surface area contributed by atoms with E-state index in [1.165, 1.54) is 0 Å². The molecule has 6 heteroatoms. The smallest absolute Gasteiger partial charge is 0.141 e. The number of hydrogen-bond acceptors (Lipinski definition) is 5. The van der Waals surface area contributed by atoms with Crippen LogP contribution in [0.5, 0.6) is 5.75 Å². The number of nitrogens with zero attached hydrogens (tertiary/aromatic N) is 5. The van der Waals surface area contributed by atoms with E-state index in [2.05, 4.69) is 15.3 Å². The van der Waals surface area contributed by atoms with E-state index in [1.54, 1.807) is 24.4 Å². The van der Waals surface area contributed by atoms with Gasteiger partial charge in [-0.1, -0.05) is 0 Å². The molecule has 0 bridgehead atoms. The maximum atomic E-state index is 5.16. The highest BCUT2D eigenvalue weighted by atomic mass is 16.5. The Kier molecular flexibility index (Phi) is 4.49. The number of ether oxygens (including phenoxy) is 1. The van der Waals surface area contributed by atoms with E-state index in [0.29, 0.717) is 0 Å². The Balaban J connectivity index is 2.34. The van der Waals surface area contributed by atoms with E-state index in [9.17, 15) is 0 Å². The maximum absolute atomic E-state index is 5.16. The summed E-state index contributed by atoms with van der Waals surface area (Å²) in [5.41, 5.74) is 1.79. The van der Waals surface area contributed by atoms with E-state index in [4.69, 9.17) is 4.74 Å². The van der Waals surface area contributed by atoms with Crippen molar-refractivity contribution in [3.05, 3.63) is 54.8 Å². The Morgan fingerprint density at radius 1 is 1.20 bits per heavy atom. The van der Waals surface area contributed by atoms with Gasteiger partial charge < -0.3 is 9.64 Å². The molecule has 6 nitrogen and oxygen atoms in total. The standard InChI is InChI=1S/C14H17N5O/c1-18(2)9-8-14(17-19-10-15-16-11-19)12-4-6-13(20-3)7-5-12/h4-11H,1-3H3/b9-8+,17-14+. The average Bonchev–Trinajstić information content (AvgIpc) is 2.96. The summed E-state index contributed by atoms with van der Waals surface area (Å²) >= 11 is 0. The third-order valence-corrected chi connectivity index (χ3v) is 2.55. The van der Waals surface area contributed by atoms with Crippen molar-refractivity contribution in [1.29, 1.82) is 0 Å². The van der Waals surface area contributed by atoms with Crippen LogP contribution in [0.1, 0.15) is 5.56 Å². The summed E-state index contributed by atoms with van der Waals surface area (Å²) < 4.78 is 6.73. The molecule has 104 valence electrons. The van der Waals surface area contributed by atoms with Crippen LogP contribution < -0.4 is 4.74 Å². The molecular formula is C14H17N5O. The molecule has 2 aromatic rings. The maximum Gasteiger partial charge on any atom is 0.141 e. The predicted molar refractivity (Wildman–Crippen MR) is 77.8 cm³/mol. The van der Waals surface area contributed by atoms with Crippen LogP contribution in [0.4, 0.5) is 0 Å². The van der Waals surface area contributed by atoms with Crippen LogP contribution in [0.2, 0.25) is 0 Å². The first kappa shape index (κ1) is 13.8. The fraction of sp³-hybridized carbons (Fsp3) is 0.214. The zero-order valence-electron chi connectivity index (χ0n) is 11.8. The molecule has 0 saturated carbocycles. The van der Waals surface area contributed by atoms with Gasteiger partial charge in [0.2, 0.25) is 0 Å². The summed E-state index contributed by atoms with van der Waals surface area (Å²) in [6.45, 7) is 0. The first-order chi connectivity index (χ1) is 9.69. The molecule has 1 aromatic heterocycles. The number of rotatable bonds is 5. The lowest BCUT2D eigenvalue weighted by atomic mass is 10.1. The molecule has 0 aliphatic carbocycles. The van der Waals surface area contributed by atoms with Crippen LogP contribution in [0.15, 0.2) is 54.3 Å². The van der Waals surface area contributed by atoms with E-state index in [0.717, 1.165) is 17.0 Å². The lowest BCUT2D eigenvalue weighted by Gasteiger charge is -2.07. The summed E-state index contributed by atoms with van der Waals surface area (Å²) in [7, 11) is 5.56. The van der Waals surface area contributed by atoms with Gasteiger partial charge in [-0.3, -0.25) is 0 Å². The number of aromatic nitrogens is 3. The monoisotopic (exact) mass is 271 g/mol. The Hall–Kier alpha value is -2.63. The Morgan fingerprint density at radius 3 is 2.40 bits per heavy atom. The third-order valence-electron chi connectivity index (χ3n) is 2.55. The number of hydrogen-bond donors (Lipinski definition) is 0. The van der Waals surface area contributed by atoms with Gasteiger partial charge in [-0.15, -0.1) is 10.2 Å². The largest absolute Gasteiger partial charge is 0.497 e. The Labute approximate surface area is 118 Å². The van der Waals surface area contributed by atoms with Crippen molar-refractivity contribution < 1.29 is 4.74 Å². The van der Waals surface area contributed by atoms with E-state index in [1.807, 2.05) is 55.5 Å². The molecule has 2 rings (SSSR count). The third kappa shape index (κ3) is 3.68. The minimum Gasteiger partial charge on any atom is -0.497 e. The SMILES string of the molecule is COc1ccc(C(/C=C/N(C)C)=N/n2cnnc2)cc1. The van der Waals surface area contributed by atoms with E-state index >= 15 is 0 Å². The Bertz CT molecular complexity index is 585. The van der Waals surface area contributed by atoms with Crippen LogP contribution in [0, 0.1) is 0 Å². The minimum atomic E-state index is 0.807. The molecule has 0 N–H and O–H groups in total. The number of benzene rings is 1. The molecule has 1 aromatic carbocycles. The fourth-order valence-corrected chi connectivity index (χ4v) is 1.54. The van der Waals surface area contributed by atoms with E-state index < -0.39 is 0 Å². The molecule has 20 heavy (non-hydrogen) atoms. The second-order valence-corrected chi connectivity index (χ2v) is 4.33. The molecular weight excluding hydrogens is 254 g/mol. The molecule has 0 aliphatic heterocycles. The van der Waals surface area contributed by atoms with Crippen molar-refractivity contribution in [2.45, 2.75) is 0 Å². The first-order valence-corrected chi connectivity index (χ1v) is 6.11. The summed E-state index contributed by atoms with van der Waals surface area (Å²) in [5.74, 6) is 0.814. The molecule has 0 spiro atoms. The minimum absolute atomic E-state index is 0.807. The molecule has 0 saturated heterocycles. The van der Waals surface area contributed by atoms with Crippen molar-refractivity contribution >= 4 is 5.71 Å². The van der Waals surface area contributed by atoms with Crippen molar-refractivity contribution in [2.24, 2.45) is 5.10 Å². The lowest BCUT2D eigenvalue weighted by molar-refractivity contribution is 0.415. The average molecular weight is 271 g/mol. The summed E-state index contributed by atoms with van der Waals surface area (Å²) in [6, 6.07) is 7.73. The van der Waals surface area contributed by atoms with Gasteiger partial charge in [0.25, 0.3) is 0 Å². The normalized spacial score (nSPS) is 11.8. The van der Waals surface area contributed by atoms with E-state index in [-0.39, 0.29) is 0 Å². The van der Waals surface area contributed by atoms with Crippen LogP contribution in [-0.4, -0.2) is 46.7 Å². The molecule has 0 radical (unpaired) electrons. The molecule has 1 heterocycles. The predicted octanol–water partition coefficient (Wildman–Crippen LogP) is 1.61. The molecule has 0 unspecified atom stereocenters. The summed E-state index contributed by atoms with van der Waals surface area (Å²) in [4.78, 5) is 1.95. The fourth-order valence-electron chi connectivity index (χ4n) is 1.54. The second kappa shape index (κ2) is 6.51. The quantitative estimate of drug-likeness (QED) is 0.775.